The van der Waals surface area contributed by atoms with E-state index in [1.54, 1.807) is 18.2 Å². The summed E-state index contributed by atoms with van der Waals surface area (Å²) in [6.07, 6.45) is 4.82. The van der Waals surface area contributed by atoms with Crippen molar-refractivity contribution in [2.45, 2.75) is 19.8 Å². The Morgan fingerprint density at radius 1 is 1.03 bits per heavy atom. The van der Waals surface area contributed by atoms with Crippen molar-refractivity contribution in [1.82, 2.24) is 5.43 Å². The van der Waals surface area contributed by atoms with Gasteiger partial charge in [-0.15, -0.1) is 0 Å². The first kappa shape index (κ1) is 21.2. The van der Waals surface area contributed by atoms with Crippen LogP contribution in [0, 0.1) is 17.7 Å². The van der Waals surface area contributed by atoms with Gasteiger partial charge in [0.05, 0.1) is 23.2 Å². The Hall–Kier alpha value is -4.01. The van der Waals surface area contributed by atoms with Crippen molar-refractivity contribution in [1.29, 1.82) is 0 Å². The van der Waals surface area contributed by atoms with Gasteiger partial charge < -0.3 is 10.6 Å². The van der Waals surface area contributed by atoms with Gasteiger partial charge in [0.25, 0.3) is 5.91 Å². The van der Waals surface area contributed by atoms with Crippen molar-refractivity contribution >= 4 is 40.7 Å². The topological polar surface area (TPSA) is 108 Å². The number of hydrazine groups is 1. The maximum Gasteiger partial charge on any atom is 0.255 e. The fourth-order valence-electron chi connectivity index (χ4n) is 3.86. The summed E-state index contributed by atoms with van der Waals surface area (Å²) < 4.78 is 13.8. The highest BCUT2D eigenvalue weighted by molar-refractivity contribution is 6.07. The van der Waals surface area contributed by atoms with Crippen molar-refractivity contribution in [3.05, 3.63) is 66.0 Å². The van der Waals surface area contributed by atoms with Crippen molar-refractivity contribution in [3.63, 3.8) is 0 Å². The normalized spacial score (nSPS) is 19.8. The Labute approximate surface area is 183 Å². The van der Waals surface area contributed by atoms with Gasteiger partial charge >= 0.3 is 0 Å². The number of hydrogen-bond donors (Lipinski definition) is 3. The molecule has 2 unspecified atom stereocenters. The number of carbonyl (C=O) groups excluding carboxylic acids is 4. The van der Waals surface area contributed by atoms with Gasteiger partial charge in [0.1, 0.15) is 5.82 Å². The molecule has 2 aromatic carbocycles. The second-order valence-corrected chi connectivity index (χ2v) is 7.69. The summed E-state index contributed by atoms with van der Waals surface area (Å²) in [5.41, 5.74) is 3.45. The Kier molecular flexibility index (Phi) is 5.72. The maximum atomic E-state index is 13.8. The number of benzene rings is 2. The van der Waals surface area contributed by atoms with Gasteiger partial charge in [-0.25, -0.2) is 9.40 Å². The average Bonchev–Trinajstić information content (AvgIpc) is 2.78. The monoisotopic (exact) mass is 436 g/mol. The van der Waals surface area contributed by atoms with E-state index >= 15 is 0 Å². The number of hydrogen-bond acceptors (Lipinski definition) is 4. The molecule has 1 heterocycles. The molecule has 32 heavy (non-hydrogen) atoms. The smallest absolute Gasteiger partial charge is 0.255 e. The van der Waals surface area contributed by atoms with Crippen LogP contribution in [0.1, 0.15) is 30.1 Å². The molecule has 0 aromatic heterocycles. The molecule has 2 aliphatic rings. The predicted molar refractivity (Wildman–Crippen MR) is 116 cm³/mol. The van der Waals surface area contributed by atoms with E-state index in [0.717, 1.165) is 6.07 Å². The molecular formula is C23H21FN4O4. The molecule has 0 bridgehead atoms. The fraction of sp³-hybridized carbons (Fsp3) is 0.217. The van der Waals surface area contributed by atoms with Crippen LogP contribution in [-0.4, -0.2) is 23.6 Å². The number of carbonyl (C=O) groups is 4. The lowest BCUT2D eigenvalue weighted by Crippen LogP contribution is -2.59. The predicted octanol–water partition coefficient (Wildman–Crippen LogP) is 3.00. The summed E-state index contributed by atoms with van der Waals surface area (Å²) in [5.74, 6) is -2.84. The molecule has 0 spiro atoms. The highest BCUT2D eigenvalue weighted by Crippen LogP contribution is 2.32. The second-order valence-electron chi connectivity index (χ2n) is 7.69. The SMILES string of the molecule is CC(=O)Nc1cc(NC(=O)c2cccc(N3NC(=O)C4CC=CCC4C3=O)c2)ccc1F. The van der Waals surface area contributed by atoms with Crippen LogP contribution in [0.2, 0.25) is 0 Å². The average molecular weight is 436 g/mol. The summed E-state index contributed by atoms with van der Waals surface area (Å²) in [5, 5.41) is 6.18. The van der Waals surface area contributed by atoms with E-state index in [-0.39, 0.29) is 34.7 Å². The Balaban J connectivity index is 1.54. The summed E-state index contributed by atoms with van der Waals surface area (Å²) in [6.45, 7) is 1.25. The quantitative estimate of drug-likeness (QED) is 0.641. The standard InChI is InChI=1S/C23H21FN4O4/c1-13(29)25-20-12-15(9-10-19(20)24)26-21(30)14-5-4-6-16(11-14)28-23(32)18-8-3-2-7-17(18)22(31)27-28/h2-6,9-12,17-18H,7-8H2,1H3,(H,25,29)(H,26,30)(H,27,31). The third-order valence-corrected chi connectivity index (χ3v) is 5.43. The molecule has 2 atom stereocenters. The minimum atomic E-state index is -0.629. The third kappa shape index (κ3) is 4.22. The number of fused-ring (bicyclic) bond motifs is 1. The number of nitrogens with one attached hydrogen (secondary N) is 3. The van der Waals surface area contributed by atoms with Crippen LogP contribution >= 0.6 is 0 Å². The number of allylic oxidation sites excluding steroid dienone is 2. The molecule has 4 rings (SSSR count). The van der Waals surface area contributed by atoms with Crippen molar-refractivity contribution in [2.24, 2.45) is 11.8 Å². The summed E-state index contributed by atoms with van der Waals surface area (Å²) >= 11 is 0. The number of anilines is 3. The van der Waals surface area contributed by atoms with Crippen molar-refractivity contribution in [2.75, 3.05) is 15.6 Å². The number of rotatable bonds is 4. The first-order chi connectivity index (χ1) is 15.3. The molecule has 4 amide bonds. The van der Waals surface area contributed by atoms with E-state index in [0.29, 0.717) is 18.5 Å². The lowest BCUT2D eigenvalue weighted by Gasteiger charge is -2.38. The van der Waals surface area contributed by atoms with Crippen LogP contribution in [0.25, 0.3) is 0 Å². The lowest BCUT2D eigenvalue weighted by atomic mass is 9.80. The largest absolute Gasteiger partial charge is 0.324 e. The minimum Gasteiger partial charge on any atom is -0.324 e. The molecule has 1 aliphatic carbocycles. The van der Waals surface area contributed by atoms with E-state index in [4.69, 9.17) is 0 Å². The summed E-state index contributed by atoms with van der Waals surface area (Å²) in [4.78, 5) is 49.4. The van der Waals surface area contributed by atoms with Gasteiger partial charge in [-0.2, -0.15) is 0 Å². The van der Waals surface area contributed by atoms with Crippen LogP contribution in [0.15, 0.2) is 54.6 Å². The molecular weight excluding hydrogens is 415 g/mol. The highest BCUT2D eigenvalue weighted by Gasteiger charge is 2.42. The molecule has 1 saturated heterocycles. The van der Waals surface area contributed by atoms with Crippen LogP contribution < -0.4 is 21.1 Å². The number of halogens is 1. The van der Waals surface area contributed by atoms with Gasteiger partial charge in [-0.1, -0.05) is 18.2 Å². The zero-order valence-electron chi connectivity index (χ0n) is 17.2. The van der Waals surface area contributed by atoms with Crippen molar-refractivity contribution < 1.29 is 23.6 Å². The van der Waals surface area contributed by atoms with E-state index in [9.17, 15) is 23.6 Å². The molecule has 1 fully saturated rings. The second kappa shape index (κ2) is 8.62. The van der Waals surface area contributed by atoms with Gasteiger partial charge in [-0.3, -0.25) is 24.6 Å². The van der Waals surface area contributed by atoms with Gasteiger partial charge in [0.2, 0.25) is 17.7 Å². The number of amides is 4. The summed E-state index contributed by atoms with van der Waals surface area (Å²) in [7, 11) is 0. The zero-order valence-corrected chi connectivity index (χ0v) is 17.2. The first-order valence-corrected chi connectivity index (χ1v) is 10.1. The zero-order chi connectivity index (χ0) is 22.8. The van der Waals surface area contributed by atoms with E-state index in [1.807, 2.05) is 12.2 Å². The van der Waals surface area contributed by atoms with Crippen LogP contribution in [0.4, 0.5) is 21.5 Å². The Morgan fingerprint density at radius 3 is 2.53 bits per heavy atom. The molecule has 8 nitrogen and oxygen atoms in total. The van der Waals surface area contributed by atoms with E-state index in [2.05, 4.69) is 16.1 Å². The molecule has 164 valence electrons. The first-order valence-electron chi connectivity index (χ1n) is 10.1. The van der Waals surface area contributed by atoms with Crippen LogP contribution in [0.5, 0.6) is 0 Å². The molecule has 9 heteroatoms. The maximum absolute atomic E-state index is 13.8. The third-order valence-electron chi connectivity index (χ3n) is 5.43. The molecule has 0 radical (unpaired) electrons. The Bertz CT molecular complexity index is 1150. The van der Waals surface area contributed by atoms with E-state index < -0.39 is 23.5 Å². The molecule has 3 N–H and O–H groups in total. The van der Waals surface area contributed by atoms with Crippen molar-refractivity contribution in [3.8, 4) is 0 Å². The van der Waals surface area contributed by atoms with Gasteiger partial charge in [-0.05, 0) is 49.2 Å². The highest BCUT2D eigenvalue weighted by atomic mass is 19.1. The summed E-state index contributed by atoms with van der Waals surface area (Å²) in [6, 6.07) is 10.1. The lowest BCUT2D eigenvalue weighted by molar-refractivity contribution is -0.139. The van der Waals surface area contributed by atoms with Crippen LogP contribution in [-0.2, 0) is 14.4 Å². The molecule has 1 aliphatic heterocycles. The van der Waals surface area contributed by atoms with Gasteiger partial charge in [0, 0.05) is 18.2 Å². The molecule has 0 saturated carbocycles. The van der Waals surface area contributed by atoms with Gasteiger partial charge in [0.15, 0.2) is 0 Å². The molecule has 2 aromatic rings. The Morgan fingerprint density at radius 2 is 1.78 bits per heavy atom. The van der Waals surface area contributed by atoms with E-state index in [1.165, 1.54) is 30.1 Å². The van der Waals surface area contributed by atoms with Crippen LogP contribution in [0.3, 0.4) is 0 Å². The fourth-order valence-corrected chi connectivity index (χ4v) is 3.86. The minimum absolute atomic E-state index is 0.0539. The number of nitrogens with zero attached hydrogens (tertiary/aromatic N) is 1.